The van der Waals surface area contributed by atoms with Gasteiger partial charge in [0.15, 0.2) is 0 Å². The first-order valence-electron chi connectivity index (χ1n) is 11.3. The van der Waals surface area contributed by atoms with E-state index in [1.54, 1.807) is 12.1 Å². The van der Waals surface area contributed by atoms with Gasteiger partial charge in [0.2, 0.25) is 0 Å². The van der Waals surface area contributed by atoms with E-state index in [-0.39, 0.29) is 11.4 Å². The zero-order chi connectivity index (χ0) is 25.8. The van der Waals surface area contributed by atoms with Gasteiger partial charge in [0.1, 0.15) is 0 Å². The summed E-state index contributed by atoms with van der Waals surface area (Å²) in [7, 11) is 3.88. The number of unbranched alkanes of at least 4 members (excludes halogenated alkanes) is 3. The van der Waals surface area contributed by atoms with Crippen molar-refractivity contribution in [2.45, 2.75) is 46.5 Å². The van der Waals surface area contributed by atoms with Crippen LogP contribution in [0.1, 0.15) is 46.5 Å². The molecule has 10 heteroatoms. The summed E-state index contributed by atoms with van der Waals surface area (Å²) in [6, 6.07) is 9.14. The normalized spacial score (nSPS) is 10.5. The van der Waals surface area contributed by atoms with Crippen LogP contribution in [0.4, 0.5) is 22.7 Å². The van der Waals surface area contributed by atoms with Crippen molar-refractivity contribution in [3.63, 3.8) is 0 Å². The third-order valence-electron chi connectivity index (χ3n) is 5.09. The van der Waals surface area contributed by atoms with Gasteiger partial charge in [-0.3, -0.25) is 20.2 Å². The number of halogens is 2. The van der Waals surface area contributed by atoms with Crippen LogP contribution in [0.2, 0.25) is 10.0 Å². The Balaban J connectivity index is 0.000000342. The van der Waals surface area contributed by atoms with E-state index in [1.807, 2.05) is 23.9 Å². The molecular weight excluding hydrogens is 479 g/mol. The fourth-order valence-corrected chi connectivity index (χ4v) is 4.02. The van der Waals surface area contributed by atoms with Crippen LogP contribution in [0.3, 0.4) is 0 Å². The monoisotopic (exact) mass is 512 g/mol. The molecule has 0 aliphatic rings. The molecule has 8 nitrogen and oxygen atoms in total. The average Bonchev–Trinajstić information content (AvgIpc) is 2.76. The van der Waals surface area contributed by atoms with E-state index in [1.165, 1.54) is 43.5 Å². The van der Waals surface area contributed by atoms with Crippen LogP contribution in [-0.2, 0) is 0 Å². The molecule has 0 radical (unpaired) electrons. The molecule has 0 saturated heterocycles. The standard InChI is InChI=1S/C13H19ClN2O2.C11H15ClN2O2/c1-3-4-5-6-9-15(2)13-8-7-11(16(17)18)10-12(13)14;1-8(2)7-13(3)11-5-4-9(14(15)16)6-10(11)12/h7-8,10H,3-6,9H2,1-2H3;4-6,8H,7H2,1-3H3. The van der Waals surface area contributed by atoms with Gasteiger partial charge in [-0.05, 0) is 24.5 Å². The number of nitro benzene ring substituents is 2. The summed E-state index contributed by atoms with van der Waals surface area (Å²) in [5, 5.41) is 22.0. The smallest absolute Gasteiger partial charge is 0.271 e. The van der Waals surface area contributed by atoms with Crippen molar-refractivity contribution in [2.24, 2.45) is 5.92 Å². The molecule has 188 valence electrons. The Bertz CT molecular complexity index is 957. The number of rotatable bonds is 11. The van der Waals surface area contributed by atoms with E-state index in [2.05, 4.69) is 20.8 Å². The summed E-state index contributed by atoms with van der Waals surface area (Å²) in [4.78, 5) is 24.3. The molecule has 2 aromatic rings. The molecule has 34 heavy (non-hydrogen) atoms. The largest absolute Gasteiger partial charge is 0.373 e. The van der Waals surface area contributed by atoms with Gasteiger partial charge in [-0.15, -0.1) is 0 Å². The molecule has 0 atom stereocenters. The molecule has 0 aromatic heterocycles. The van der Waals surface area contributed by atoms with Gasteiger partial charge in [0.25, 0.3) is 11.4 Å². The SMILES string of the molecule is CC(C)CN(C)c1ccc([N+](=O)[O-])cc1Cl.CCCCCCN(C)c1ccc([N+](=O)[O-])cc1Cl. The minimum atomic E-state index is -0.446. The lowest BCUT2D eigenvalue weighted by atomic mass is 10.2. The van der Waals surface area contributed by atoms with Crippen molar-refractivity contribution in [3.8, 4) is 0 Å². The van der Waals surface area contributed by atoms with Gasteiger partial charge < -0.3 is 9.80 Å². The van der Waals surface area contributed by atoms with E-state index in [9.17, 15) is 20.2 Å². The number of nitro groups is 2. The summed E-state index contributed by atoms with van der Waals surface area (Å²) in [6.07, 6.45) is 4.76. The summed E-state index contributed by atoms with van der Waals surface area (Å²) >= 11 is 12.1. The molecule has 0 heterocycles. The van der Waals surface area contributed by atoms with Crippen molar-refractivity contribution in [1.82, 2.24) is 0 Å². The summed E-state index contributed by atoms with van der Waals surface area (Å²) in [6.45, 7) is 8.16. The lowest BCUT2D eigenvalue weighted by molar-refractivity contribution is -0.385. The number of anilines is 2. The zero-order valence-electron chi connectivity index (χ0n) is 20.5. The highest BCUT2D eigenvalue weighted by atomic mass is 35.5. The molecule has 2 rings (SSSR count). The van der Waals surface area contributed by atoms with Gasteiger partial charge in [-0.25, -0.2) is 0 Å². The predicted octanol–water partition coefficient (Wildman–Crippen LogP) is 7.61. The van der Waals surface area contributed by atoms with E-state index >= 15 is 0 Å². The van der Waals surface area contributed by atoms with E-state index in [4.69, 9.17) is 23.2 Å². The molecule has 0 aliphatic carbocycles. The maximum absolute atomic E-state index is 10.6. The molecule has 0 spiro atoms. The molecule has 0 saturated carbocycles. The van der Waals surface area contributed by atoms with Gasteiger partial charge in [0, 0.05) is 51.5 Å². The quantitative estimate of drug-likeness (QED) is 0.174. The maximum Gasteiger partial charge on any atom is 0.271 e. The average molecular weight is 513 g/mol. The number of hydrogen-bond acceptors (Lipinski definition) is 6. The highest BCUT2D eigenvalue weighted by molar-refractivity contribution is 6.33. The van der Waals surface area contributed by atoms with Crippen molar-refractivity contribution in [3.05, 3.63) is 66.7 Å². The number of nitrogens with zero attached hydrogens (tertiary/aromatic N) is 4. The van der Waals surface area contributed by atoms with Crippen LogP contribution < -0.4 is 9.80 Å². The van der Waals surface area contributed by atoms with E-state index in [0.717, 1.165) is 30.9 Å². The first-order chi connectivity index (χ1) is 16.0. The van der Waals surface area contributed by atoms with Crippen LogP contribution in [-0.4, -0.2) is 37.0 Å². The van der Waals surface area contributed by atoms with Gasteiger partial charge >= 0.3 is 0 Å². The Hall–Kier alpha value is -2.58. The lowest BCUT2D eigenvalue weighted by Crippen LogP contribution is -2.22. The summed E-state index contributed by atoms with van der Waals surface area (Å²) in [5.74, 6) is 0.510. The van der Waals surface area contributed by atoms with Crippen LogP contribution in [0.15, 0.2) is 36.4 Å². The number of hydrogen-bond donors (Lipinski definition) is 0. The molecule has 0 amide bonds. The van der Waals surface area contributed by atoms with Crippen LogP contribution in [0.5, 0.6) is 0 Å². The molecule has 0 N–H and O–H groups in total. The predicted molar refractivity (Wildman–Crippen MR) is 142 cm³/mol. The Morgan fingerprint density at radius 1 is 0.824 bits per heavy atom. The minimum absolute atomic E-state index is 0.0201. The first kappa shape index (κ1) is 29.5. The number of non-ortho nitro benzene ring substituents is 2. The molecule has 0 fully saturated rings. The van der Waals surface area contributed by atoms with Crippen molar-refractivity contribution < 1.29 is 9.85 Å². The van der Waals surface area contributed by atoms with Crippen LogP contribution in [0, 0.1) is 26.1 Å². The fourth-order valence-electron chi connectivity index (χ4n) is 3.38. The van der Waals surface area contributed by atoms with Gasteiger partial charge in [-0.2, -0.15) is 0 Å². The summed E-state index contributed by atoms with van der Waals surface area (Å²) < 4.78 is 0. The minimum Gasteiger partial charge on any atom is -0.373 e. The second-order valence-electron chi connectivity index (χ2n) is 8.54. The van der Waals surface area contributed by atoms with Gasteiger partial charge in [-0.1, -0.05) is 63.2 Å². The Kier molecular flexibility index (Phi) is 12.7. The second kappa shape index (κ2) is 14.6. The second-order valence-corrected chi connectivity index (χ2v) is 9.36. The van der Waals surface area contributed by atoms with Crippen LogP contribution >= 0.6 is 23.2 Å². The zero-order valence-corrected chi connectivity index (χ0v) is 22.0. The molecule has 0 bridgehead atoms. The Morgan fingerprint density at radius 3 is 1.68 bits per heavy atom. The molecule has 0 unspecified atom stereocenters. The van der Waals surface area contributed by atoms with E-state index in [0.29, 0.717) is 16.0 Å². The maximum atomic E-state index is 10.6. The lowest BCUT2D eigenvalue weighted by Gasteiger charge is -2.22. The Morgan fingerprint density at radius 2 is 1.29 bits per heavy atom. The highest BCUT2D eigenvalue weighted by Crippen LogP contribution is 2.30. The van der Waals surface area contributed by atoms with E-state index < -0.39 is 9.85 Å². The fraction of sp³-hybridized carbons (Fsp3) is 0.500. The van der Waals surface area contributed by atoms with Crippen molar-refractivity contribution >= 4 is 46.0 Å². The highest BCUT2D eigenvalue weighted by Gasteiger charge is 2.13. The van der Waals surface area contributed by atoms with Crippen molar-refractivity contribution in [2.75, 3.05) is 37.0 Å². The Labute approximate surface area is 211 Å². The van der Waals surface area contributed by atoms with Crippen LogP contribution in [0.25, 0.3) is 0 Å². The number of benzene rings is 2. The molecular formula is C24H34Cl2N4O4. The molecule has 0 aliphatic heterocycles. The third-order valence-corrected chi connectivity index (χ3v) is 5.70. The van der Waals surface area contributed by atoms with Gasteiger partial charge in [0.05, 0.1) is 31.3 Å². The summed E-state index contributed by atoms with van der Waals surface area (Å²) in [5.41, 5.74) is 1.72. The third kappa shape index (κ3) is 9.73. The van der Waals surface area contributed by atoms with Crippen molar-refractivity contribution in [1.29, 1.82) is 0 Å². The first-order valence-corrected chi connectivity index (χ1v) is 12.0. The molecule has 2 aromatic carbocycles. The topological polar surface area (TPSA) is 92.8 Å².